The zero-order chi connectivity index (χ0) is 20.6. The number of nitrogens with zero attached hydrogens (tertiary/aromatic N) is 2. The maximum Gasteiger partial charge on any atom is 0.273 e. The predicted octanol–water partition coefficient (Wildman–Crippen LogP) is 3.34. The second kappa shape index (κ2) is 7.46. The average molecular weight is 422 g/mol. The van der Waals surface area contributed by atoms with E-state index in [1.807, 2.05) is 24.3 Å². The Morgan fingerprint density at radius 3 is 2.46 bits per heavy atom. The Balaban J connectivity index is 2.02. The molecule has 0 saturated heterocycles. The summed E-state index contributed by atoms with van der Waals surface area (Å²) in [5.74, 6) is -0.253. The lowest BCUT2D eigenvalue weighted by atomic mass is 10.2. The van der Waals surface area contributed by atoms with E-state index in [1.54, 1.807) is 17.7 Å². The van der Waals surface area contributed by atoms with E-state index < -0.39 is 15.9 Å². The number of ether oxygens (including phenoxy) is 1. The summed E-state index contributed by atoms with van der Waals surface area (Å²) in [6, 6.07) is 11.8. The van der Waals surface area contributed by atoms with Crippen molar-refractivity contribution in [2.24, 2.45) is 7.05 Å². The van der Waals surface area contributed by atoms with Crippen LogP contribution in [0.25, 0.3) is 10.9 Å². The predicted molar refractivity (Wildman–Crippen MR) is 110 cm³/mol. The van der Waals surface area contributed by atoms with Crippen LogP contribution < -0.4 is 10.1 Å². The Morgan fingerprint density at radius 1 is 1.18 bits per heavy atom. The van der Waals surface area contributed by atoms with Gasteiger partial charge in [-0.25, -0.2) is 12.7 Å². The maximum absolute atomic E-state index is 12.9. The third-order valence-corrected chi connectivity index (χ3v) is 6.66. The second-order valence-corrected chi connectivity index (χ2v) is 8.84. The quantitative estimate of drug-likeness (QED) is 0.685. The summed E-state index contributed by atoms with van der Waals surface area (Å²) in [7, 11) is 2.23. The summed E-state index contributed by atoms with van der Waals surface area (Å²) < 4.78 is 33.1. The number of sulfonamides is 1. The van der Waals surface area contributed by atoms with Crippen LogP contribution in [-0.2, 0) is 17.1 Å². The number of hydrogen-bond donors (Lipinski definition) is 1. The molecule has 7 nitrogen and oxygen atoms in total. The molecule has 2 aromatic carbocycles. The molecule has 1 amide bonds. The fourth-order valence-electron chi connectivity index (χ4n) is 2.94. The van der Waals surface area contributed by atoms with Crippen LogP contribution in [-0.4, -0.2) is 44.4 Å². The lowest BCUT2D eigenvalue weighted by molar-refractivity contribution is 0.102. The van der Waals surface area contributed by atoms with Crippen LogP contribution in [0.4, 0.5) is 5.69 Å². The highest BCUT2D eigenvalue weighted by atomic mass is 35.5. The van der Waals surface area contributed by atoms with Gasteiger partial charge in [0.2, 0.25) is 10.0 Å². The number of amides is 1. The molecule has 28 heavy (non-hydrogen) atoms. The molecule has 0 atom stereocenters. The van der Waals surface area contributed by atoms with Crippen molar-refractivity contribution in [2.45, 2.75) is 4.90 Å². The monoisotopic (exact) mass is 421 g/mol. The van der Waals surface area contributed by atoms with Gasteiger partial charge in [-0.1, -0.05) is 29.8 Å². The summed E-state index contributed by atoms with van der Waals surface area (Å²) >= 11 is 6.41. The van der Waals surface area contributed by atoms with E-state index in [4.69, 9.17) is 16.3 Å². The van der Waals surface area contributed by atoms with Crippen LogP contribution in [0.15, 0.2) is 47.4 Å². The molecule has 0 bridgehead atoms. The summed E-state index contributed by atoms with van der Waals surface area (Å²) in [4.78, 5) is 12.8. The number of rotatable bonds is 5. The lowest BCUT2D eigenvalue weighted by Gasteiger charge is -2.16. The Labute approximate surface area is 168 Å². The number of para-hydroxylation sites is 1. The van der Waals surface area contributed by atoms with Crippen molar-refractivity contribution in [2.75, 3.05) is 26.5 Å². The van der Waals surface area contributed by atoms with Crippen molar-refractivity contribution in [3.8, 4) is 5.75 Å². The zero-order valence-electron chi connectivity index (χ0n) is 15.9. The molecule has 0 radical (unpaired) electrons. The smallest absolute Gasteiger partial charge is 0.273 e. The van der Waals surface area contributed by atoms with Crippen LogP contribution in [0.5, 0.6) is 5.75 Å². The molecule has 0 unspecified atom stereocenters. The summed E-state index contributed by atoms with van der Waals surface area (Å²) in [6.45, 7) is 0. The van der Waals surface area contributed by atoms with Crippen molar-refractivity contribution in [3.05, 3.63) is 53.2 Å². The van der Waals surface area contributed by atoms with Gasteiger partial charge in [-0.15, -0.1) is 0 Å². The number of carbonyl (C=O) groups is 1. The molecular formula is C19H20ClN3O4S. The van der Waals surface area contributed by atoms with Crippen LogP contribution in [0.3, 0.4) is 0 Å². The number of anilines is 1. The second-order valence-electron chi connectivity index (χ2n) is 6.35. The normalized spacial score (nSPS) is 11.8. The molecule has 1 aromatic heterocycles. The lowest BCUT2D eigenvalue weighted by Crippen LogP contribution is -2.23. The van der Waals surface area contributed by atoms with E-state index >= 15 is 0 Å². The number of benzene rings is 2. The van der Waals surface area contributed by atoms with Crippen molar-refractivity contribution >= 4 is 44.1 Å². The molecule has 0 aliphatic heterocycles. The standard InChI is InChI=1S/C19H20ClN3O4S/c1-22(2)28(25,26)16-11-12(9-10-15(16)27-4)21-19(24)18-17(20)13-7-5-6-8-14(13)23(18)3/h5-11H,1-4H3,(H,21,24). The third kappa shape index (κ3) is 3.34. The average Bonchev–Trinajstić information content (AvgIpc) is 2.92. The minimum absolute atomic E-state index is 0.0408. The molecule has 0 aliphatic carbocycles. The Hall–Kier alpha value is -2.55. The number of aromatic nitrogens is 1. The largest absolute Gasteiger partial charge is 0.495 e. The Morgan fingerprint density at radius 2 is 1.86 bits per heavy atom. The highest BCUT2D eigenvalue weighted by molar-refractivity contribution is 7.89. The number of nitrogens with one attached hydrogen (secondary N) is 1. The molecule has 1 N–H and O–H groups in total. The van der Waals surface area contributed by atoms with Gasteiger partial charge < -0.3 is 14.6 Å². The van der Waals surface area contributed by atoms with Crippen molar-refractivity contribution < 1.29 is 17.9 Å². The molecule has 9 heteroatoms. The van der Waals surface area contributed by atoms with Gasteiger partial charge in [0, 0.05) is 37.7 Å². The van der Waals surface area contributed by atoms with Gasteiger partial charge in [-0.05, 0) is 24.3 Å². The molecular weight excluding hydrogens is 402 g/mol. The third-order valence-electron chi connectivity index (χ3n) is 4.44. The maximum atomic E-state index is 12.9. The number of hydrogen-bond acceptors (Lipinski definition) is 4. The number of fused-ring (bicyclic) bond motifs is 1. The first-order valence-electron chi connectivity index (χ1n) is 8.33. The first-order chi connectivity index (χ1) is 13.2. The topological polar surface area (TPSA) is 80.6 Å². The SMILES string of the molecule is COc1ccc(NC(=O)c2c(Cl)c3ccccc3n2C)cc1S(=O)(=O)N(C)C. The van der Waals surface area contributed by atoms with Gasteiger partial charge in [0.25, 0.3) is 5.91 Å². The summed E-state index contributed by atoms with van der Waals surface area (Å²) in [6.07, 6.45) is 0. The van der Waals surface area contributed by atoms with Crippen LogP contribution in [0, 0.1) is 0 Å². The van der Waals surface area contributed by atoms with Gasteiger partial charge in [0.15, 0.2) is 0 Å². The first-order valence-corrected chi connectivity index (χ1v) is 10.1. The van der Waals surface area contributed by atoms with Crippen LogP contribution in [0.1, 0.15) is 10.5 Å². The molecule has 0 saturated carbocycles. The molecule has 148 valence electrons. The molecule has 0 fully saturated rings. The molecule has 3 aromatic rings. The minimum atomic E-state index is -3.75. The van der Waals surface area contributed by atoms with E-state index in [9.17, 15) is 13.2 Å². The van der Waals surface area contributed by atoms with E-state index in [-0.39, 0.29) is 16.3 Å². The number of methoxy groups -OCH3 is 1. The van der Waals surface area contributed by atoms with Crippen molar-refractivity contribution in [1.82, 2.24) is 8.87 Å². The zero-order valence-corrected chi connectivity index (χ0v) is 17.4. The van der Waals surface area contributed by atoms with Crippen molar-refractivity contribution in [3.63, 3.8) is 0 Å². The molecule has 3 rings (SSSR count). The first kappa shape index (κ1) is 20.2. The highest BCUT2D eigenvalue weighted by Crippen LogP contribution is 2.32. The number of carbonyl (C=O) groups excluding carboxylic acids is 1. The van der Waals surface area contributed by atoms with Crippen LogP contribution >= 0.6 is 11.6 Å². The summed E-state index contributed by atoms with van der Waals surface area (Å²) in [5, 5.41) is 3.83. The van der Waals surface area contributed by atoms with Gasteiger partial charge in [-0.2, -0.15) is 0 Å². The highest BCUT2D eigenvalue weighted by Gasteiger charge is 2.24. The fourth-order valence-corrected chi connectivity index (χ4v) is 4.39. The minimum Gasteiger partial charge on any atom is -0.495 e. The van der Waals surface area contributed by atoms with Gasteiger partial charge in [0.05, 0.1) is 12.1 Å². The van der Waals surface area contributed by atoms with Crippen LogP contribution in [0.2, 0.25) is 5.02 Å². The van der Waals surface area contributed by atoms with Gasteiger partial charge in [-0.3, -0.25) is 4.79 Å². The van der Waals surface area contributed by atoms with E-state index in [1.165, 1.54) is 33.3 Å². The van der Waals surface area contributed by atoms with Gasteiger partial charge >= 0.3 is 0 Å². The van der Waals surface area contributed by atoms with E-state index in [0.717, 1.165) is 15.2 Å². The fraction of sp³-hybridized carbons (Fsp3) is 0.211. The Kier molecular flexibility index (Phi) is 5.38. The number of halogens is 1. The van der Waals surface area contributed by atoms with Gasteiger partial charge in [0.1, 0.15) is 16.3 Å². The summed E-state index contributed by atoms with van der Waals surface area (Å²) in [5.41, 5.74) is 1.42. The van der Waals surface area contributed by atoms with E-state index in [2.05, 4.69) is 5.32 Å². The molecule has 1 heterocycles. The molecule has 0 spiro atoms. The molecule has 0 aliphatic rings. The number of aryl methyl sites for hydroxylation is 1. The Bertz CT molecular complexity index is 1130. The van der Waals surface area contributed by atoms with E-state index in [0.29, 0.717) is 10.7 Å². The van der Waals surface area contributed by atoms with Crippen molar-refractivity contribution in [1.29, 1.82) is 0 Å².